The molecule has 1 aliphatic heterocycles. The summed E-state index contributed by atoms with van der Waals surface area (Å²) >= 11 is 0. The van der Waals surface area contributed by atoms with Crippen LogP contribution in [0.15, 0.2) is 16.8 Å². The highest BCUT2D eigenvalue weighted by molar-refractivity contribution is 6.01. The first kappa shape index (κ1) is 25.1. The smallest absolute Gasteiger partial charge is 0.373 e. The molecule has 36 heavy (non-hydrogen) atoms. The molecule has 4 aliphatic carbocycles. The van der Waals surface area contributed by atoms with Crippen molar-refractivity contribution in [2.75, 3.05) is 6.61 Å². The Morgan fingerprint density at radius 3 is 2.42 bits per heavy atom. The number of nitrogens with zero attached hydrogens (tertiary/aromatic N) is 2. The van der Waals surface area contributed by atoms with Gasteiger partial charge < -0.3 is 14.8 Å². The number of Topliss-reactive ketones (excluding diaryl/α,β-unsaturated/α-hetero) is 1. The average molecular weight is 501 g/mol. The molecule has 9 heteroatoms. The SMILES string of the molecule is CC(=O)[C@@]1(O)CC[C@@H]2[C@@H]3CCC4=C/C(=N/OCC(=O)ON5C(=O)CCC5=O)CC[C@]4(C)[C@H]3CC[C@@]21C. The fourth-order valence-electron chi connectivity index (χ4n) is 8.19. The molecule has 6 atom stereocenters. The van der Waals surface area contributed by atoms with Gasteiger partial charge in [-0.3, -0.25) is 14.4 Å². The number of aliphatic hydroxyl groups is 1. The maximum absolute atomic E-state index is 12.4. The van der Waals surface area contributed by atoms with Crippen LogP contribution in [0.4, 0.5) is 0 Å². The summed E-state index contributed by atoms with van der Waals surface area (Å²) in [4.78, 5) is 57.5. The van der Waals surface area contributed by atoms with E-state index < -0.39 is 30.0 Å². The predicted octanol–water partition coefficient (Wildman–Crippen LogP) is 3.25. The summed E-state index contributed by atoms with van der Waals surface area (Å²) in [5.74, 6) is -0.616. The van der Waals surface area contributed by atoms with E-state index in [-0.39, 0.29) is 29.5 Å². The topological polar surface area (TPSA) is 123 Å². The Morgan fingerprint density at radius 1 is 1.03 bits per heavy atom. The zero-order valence-electron chi connectivity index (χ0n) is 21.4. The third kappa shape index (κ3) is 3.73. The van der Waals surface area contributed by atoms with Gasteiger partial charge in [0.2, 0.25) is 6.61 Å². The Balaban J connectivity index is 1.24. The number of rotatable bonds is 5. The normalized spacial score (nSPS) is 40.9. The van der Waals surface area contributed by atoms with E-state index in [1.807, 2.05) is 0 Å². The van der Waals surface area contributed by atoms with Crippen molar-refractivity contribution < 1.29 is 34.0 Å². The molecule has 2 amide bonds. The van der Waals surface area contributed by atoms with Crippen LogP contribution in [0.2, 0.25) is 0 Å². The van der Waals surface area contributed by atoms with Crippen LogP contribution in [-0.2, 0) is 28.9 Å². The maximum Gasteiger partial charge on any atom is 0.373 e. The minimum atomic E-state index is -1.19. The molecular weight excluding hydrogens is 464 g/mol. The Hall–Kier alpha value is -2.55. The predicted molar refractivity (Wildman–Crippen MR) is 128 cm³/mol. The highest BCUT2D eigenvalue weighted by Gasteiger charge is 2.65. The molecule has 0 spiro atoms. The molecule has 5 aliphatic rings. The van der Waals surface area contributed by atoms with Crippen molar-refractivity contribution >= 4 is 29.3 Å². The molecule has 0 unspecified atom stereocenters. The first-order chi connectivity index (χ1) is 17.0. The van der Waals surface area contributed by atoms with E-state index >= 15 is 0 Å². The number of oxime groups is 1. The van der Waals surface area contributed by atoms with Crippen molar-refractivity contribution in [1.82, 2.24) is 5.06 Å². The van der Waals surface area contributed by atoms with Crippen LogP contribution in [0.25, 0.3) is 0 Å². The van der Waals surface area contributed by atoms with Gasteiger partial charge in [0, 0.05) is 18.3 Å². The van der Waals surface area contributed by atoms with Gasteiger partial charge in [-0.15, -0.1) is 5.06 Å². The Labute approximate surface area is 211 Å². The molecule has 3 saturated carbocycles. The van der Waals surface area contributed by atoms with Gasteiger partial charge in [0.05, 0.1) is 5.71 Å². The quantitative estimate of drug-likeness (QED) is 0.454. The Morgan fingerprint density at radius 2 is 1.72 bits per heavy atom. The van der Waals surface area contributed by atoms with E-state index in [2.05, 4.69) is 25.1 Å². The van der Waals surface area contributed by atoms with Crippen molar-refractivity contribution in [3.05, 3.63) is 11.6 Å². The maximum atomic E-state index is 12.4. The lowest BCUT2D eigenvalue weighted by Gasteiger charge is -2.59. The number of imide groups is 1. The van der Waals surface area contributed by atoms with E-state index in [0.717, 1.165) is 50.7 Å². The molecule has 0 bridgehead atoms. The highest BCUT2D eigenvalue weighted by atomic mass is 16.7. The number of hydrogen-bond acceptors (Lipinski definition) is 8. The summed E-state index contributed by atoms with van der Waals surface area (Å²) in [5, 5.41) is 16.0. The number of carbonyl (C=O) groups is 4. The van der Waals surface area contributed by atoms with Gasteiger partial charge >= 0.3 is 5.97 Å². The van der Waals surface area contributed by atoms with Crippen molar-refractivity contribution in [2.24, 2.45) is 33.7 Å². The van der Waals surface area contributed by atoms with Crippen LogP contribution in [0, 0.1) is 28.6 Å². The fraction of sp³-hybridized carbons (Fsp3) is 0.741. The zero-order chi connectivity index (χ0) is 25.9. The van der Waals surface area contributed by atoms with E-state index in [9.17, 15) is 24.3 Å². The molecule has 9 nitrogen and oxygen atoms in total. The summed E-state index contributed by atoms with van der Waals surface area (Å²) in [6.45, 7) is 5.55. The first-order valence-corrected chi connectivity index (χ1v) is 13.2. The molecule has 1 heterocycles. The van der Waals surface area contributed by atoms with E-state index in [4.69, 9.17) is 9.68 Å². The van der Waals surface area contributed by atoms with Gasteiger partial charge in [-0.1, -0.05) is 24.6 Å². The molecule has 0 radical (unpaired) electrons. The monoisotopic (exact) mass is 500 g/mol. The molecule has 1 saturated heterocycles. The summed E-state index contributed by atoms with van der Waals surface area (Å²) in [6.07, 6.45) is 9.19. The van der Waals surface area contributed by atoms with E-state index in [0.29, 0.717) is 29.2 Å². The van der Waals surface area contributed by atoms with Gasteiger partial charge in [0.15, 0.2) is 5.78 Å². The zero-order valence-corrected chi connectivity index (χ0v) is 21.4. The molecule has 196 valence electrons. The van der Waals surface area contributed by atoms with Gasteiger partial charge in [-0.05, 0) is 87.5 Å². The molecule has 4 fully saturated rings. The fourth-order valence-corrected chi connectivity index (χ4v) is 8.19. The number of carbonyl (C=O) groups excluding carboxylic acids is 4. The number of hydrogen-bond donors (Lipinski definition) is 1. The molecular formula is C27H36N2O7. The Bertz CT molecular complexity index is 1050. The largest absolute Gasteiger partial charge is 0.383 e. The van der Waals surface area contributed by atoms with Crippen molar-refractivity contribution in [3.63, 3.8) is 0 Å². The third-order valence-electron chi connectivity index (χ3n) is 10.3. The molecule has 0 aromatic carbocycles. The van der Waals surface area contributed by atoms with E-state index in [1.54, 1.807) is 0 Å². The molecule has 1 N–H and O–H groups in total. The molecule has 5 rings (SSSR count). The number of allylic oxidation sites excluding steroid dienone is 2. The summed E-state index contributed by atoms with van der Waals surface area (Å²) < 4.78 is 0. The second-order valence-electron chi connectivity index (χ2n) is 11.8. The van der Waals surface area contributed by atoms with Gasteiger partial charge in [0.1, 0.15) is 5.60 Å². The van der Waals surface area contributed by atoms with Crippen LogP contribution >= 0.6 is 0 Å². The lowest BCUT2D eigenvalue weighted by molar-refractivity contribution is -0.200. The minimum Gasteiger partial charge on any atom is -0.383 e. The number of ketones is 1. The standard InChI is InChI=1S/C27H36N2O7/c1-16(30)27(34)13-10-21-19-5-4-17-14-18(8-11-25(17,2)20(19)9-12-26(21,27)3)28-35-15-24(33)36-29-22(31)6-7-23(29)32/h14,19-21,34H,4-13,15H2,1-3H3/b28-18+/t19-,20+,21-,25+,26+,27+/m1/s1. The van der Waals surface area contributed by atoms with Gasteiger partial charge in [-0.2, -0.15) is 0 Å². The van der Waals surface area contributed by atoms with Crippen LogP contribution in [0.1, 0.15) is 85.0 Å². The lowest BCUT2D eigenvalue weighted by Crippen LogP contribution is -2.57. The first-order valence-electron chi connectivity index (χ1n) is 13.2. The number of hydroxylamine groups is 2. The van der Waals surface area contributed by atoms with Crippen LogP contribution in [0.5, 0.6) is 0 Å². The van der Waals surface area contributed by atoms with Crippen molar-refractivity contribution in [1.29, 1.82) is 0 Å². The second-order valence-corrected chi connectivity index (χ2v) is 11.8. The summed E-state index contributed by atoms with van der Waals surface area (Å²) in [7, 11) is 0. The molecule has 0 aromatic heterocycles. The second kappa shape index (κ2) is 8.78. The van der Waals surface area contributed by atoms with Crippen LogP contribution in [0.3, 0.4) is 0 Å². The van der Waals surface area contributed by atoms with Crippen molar-refractivity contribution in [2.45, 2.75) is 90.6 Å². The van der Waals surface area contributed by atoms with Gasteiger partial charge in [-0.25, -0.2) is 4.79 Å². The van der Waals surface area contributed by atoms with Crippen LogP contribution in [-0.4, -0.2) is 51.7 Å². The number of fused-ring (bicyclic) bond motifs is 5. The van der Waals surface area contributed by atoms with Crippen molar-refractivity contribution in [3.8, 4) is 0 Å². The van der Waals surface area contributed by atoms with Crippen LogP contribution < -0.4 is 0 Å². The highest BCUT2D eigenvalue weighted by Crippen LogP contribution is 2.67. The number of amides is 2. The summed E-state index contributed by atoms with van der Waals surface area (Å²) in [6, 6.07) is 0. The lowest BCUT2D eigenvalue weighted by atomic mass is 9.46. The Kier molecular flexibility index (Phi) is 6.13. The van der Waals surface area contributed by atoms with E-state index in [1.165, 1.54) is 12.5 Å². The minimum absolute atomic E-state index is 0.0427. The average Bonchev–Trinajstić information content (AvgIpc) is 3.30. The molecule has 0 aromatic rings. The van der Waals surface area contributed by atoms with Gasteiger partial charge in [0.25, 0.3) is 11.8 Å². The summed E-state index contributed by atoms with van der Waals surface area (Å²) in [5.41, 5.74) is 0.646. The third-order valence-corrected chi connectivity index (χ3v) is 10.3.